The monoisotopic (exact) mass is 412 g/mol. The van der Waals surface area contributed by atoms with Gasteiger partial charge in [-0.3, -0.25) is 9.36 Å². The van der Waals surface area contributed by atoms with Gasteiger partial charge in [0, 0.05) is 23.6 Å². The predicted molar refractivity (Wildman–Crippen MR) is 117 cm³/mol. The van der Waals surface area contributed by atoms with E-state index in [9.17, 15) is 4.79 Å². The number of hydrogen-bond donors (Lipinski definition) is 0. The molecule has 4 rings (SSSR count). The first-order chi connectivity index (χ1) is 13.5. The Morgan fingerprint density at radius 2 is 2.18 bits per heavy atom. The van der Waals surface area contributed by atoms with E-state index < -0.39 is 0 Å². The van der Waals surface area contributed by atoms with Gasteiger partial charge in [-0.2, -0.15) is 0 Å². The summed E-state index contributed by atoms with van der Waals surface area (Å²) < 4.78 is 7.83. The minimum Gasteiger partial charge on any atom is -0.369 e. The molecule has 1 aromatic carbocycles. The van der Waals surface area contributed by atoms with Crippen LogP contribution in [0.15, 0.2) is 52.9 Å². The van der Waals surface area contributed by atoms with Crippen LogP contribution >= 0.6 is 23.1 Å². The Balaban J connectivity index is 1.78. The summed E-state index contributed by atoms with van der Waals surface area (Å²) in [7, 11) is 0. The molecule has 1 aliphatic heterocycles. The van der Waals surface area contributed by atoms with Gasteiger partial charge in [0.15, 0.2) is 5.16 Å². The summed E-state index contributed by atoms with van der Waals surface area (Å²) in [5.74, 6) is 0.776. The number of allylic oxidation sites excluding steroid dienone is 1. The summed E-state index contributed by atoms with van der Waals surface area (Å²) in [6.45, 7) is 9.12. The number of rotatable bonds is 6. The molecular formula is C22H24N2O2S2. The number of thiophene rings is 1. The van der Waals surface area contributed by atoms with E-state index in [1.807, 2.05) is 18.2 Å². The Labute approximate surface area is 173 Å². The van der Waals surface area contributed by atoms with Crippen molar-refractivity contribution in [3.8, 4) is 0 Å². The summed E-state index contributed by atoms with van der Waals surface area (Å²) in [5, 5.41) is 1.52. The molecule has 28 heavy (non-hydrogen) atoms. The molecule has 0 unspecified atom stereocenters. The van der Waals surface area contributed by atoms with Gasteiger partial charge in [-0.05, 0) is 24.5 Å². The molecule has 146 valence electrons. The van der Waals surface area contributed by atoms with Gasteiger partial charge in [-0.15, -0.1) is 17.9 Å². The third kappa shape index (κ3) is 3.56. The van der Waals surface area contributed by atoms with Gasteiger partial charge >= 0.3 is 0 Å². The predicted octanol–water partition coefficient (Wildman–Crippen LogP) is 5.18. The fraction of sp³-hybridized carbons (Fsp3) is 0.364. The summed E-state index contributed by atoms with van der Waals surface area (Å²) >= 11 is 3.20. The standard InChI is InChI=1S/C22H24N2O2S2/c1-4-11-24-20(25)18-16-12-22(3,5-2)26-13-17(16)28-19(18)23-21(24)27-14-15-9-7-6-8-10-15/h4,6-10H,1,5,11-14H2,2-3H3/t22-/m1/s1. The largest absolute Gasteiger partial charge is 0.369 e. The van der Waals surface area contributed by atoms with Crippen LogP contribution in [-0.2, 0) is 30.1 Å². The first-order valence-electron chi connectivity index (χ1n) is 9.51. The molecule has 0 aliphatic carbocycles. The average molecular weight is 413 g/mol. The molecule has 0 saturated heterocycles. The zero-order chi connectivity index (χ0) is 19.7. The highest BCUT2D eigenvalue weighted by Gasteiger charge is 2.33. The van der Waals surface area contributed by atoms with Gasteiger partial charge in [-0.25, -0.2) is 4.98 Å². The highest BCUT2D eigenvalue weighted by atomic mass is 32.2. The van der Waals surface area contributed by atoms with Crippen molar-refractivity contribution in [3.05, 3.63) is 69.3 Å². The van der Waals surface area contributed by atoms with Crippen molar-refractivity contribution in [3.63, 3.8) is 0 Å². The zero-order valence-electron chi connectivity index (χ0n) is 16.2. The number of thioether (sulfide) groups is 1. The first-order valence-corrected chi connectivity index (χ1v) is 11.3. The molecule has 2 aromatic heterocycles. The lowest BCUT2D eigenvalue weighted by molar-refractivity contribution is -0.0543. The molecule has 0 radical (unpaired) electrons. The normalized spacial score (nSPS) is 18.9. The van der Waals surface area contributed by atoms with Crippen molar-refractivity contribution in [2.24, 2.45) is 0 Å². The van der Waals surface area contributed by atoms with E-state index in [0.717, 1.165) is 44.4 Å². The average Bonchev–Trinajstić information content (AvgIpc) is 3.07. The number of fused-ring (bicyclic) bond motifs is 3. The molecule has 0 N–H and O–H groups in total. The highest BCUT2D eigenvalue weighted by Crippen LogP contribution is 2.39. The van der Waals surface area contributed by atoms with E-state index in [4.69, 9.17) is 9.72 Å². The van der Waals surface area contributed by atoms with E-state index >= 15 is 0 Å². The molecule has 0 amide bonds. The highest BCUT2D eigenvalue weighted by molar-refractivity contribution is 7.98. The van der Waals surface area contributed by atoms with Crippen molar-refractivity contribution in [1.82, 2.24) is 9.55 Å². The number of nitrogens with zero attached hydrogens (tertiary/aromatic N) is 2. The Kier molecular flexibility index (Phi) is 5.45. The van der Waals surface area contributed by atoms with Crippen LogP contribution in [0.4, 0.5) is 0 Å². The van der Waals surface area contributed by atoms with E-state index in [1.165, 1.54) is 5.56 Å². The second kappa shape index (κ2) is 7.85. The molecule has 1 atom stereocenters. The Hall–Kier alpha value is -1.89. The lowest BCUT2D eigenvalue weighted by Gasteiger charge is -2.32. The molecule has 4 nitrogen and oxygen atoms in total. The smallest absolute Gasteiger partial charge is 0.263 e. The second-order valence-corrected chi connectivity index (χ2v) is 9.35. The molecule has 0 saturated carbocycles. The number of aromatic nitrogens is 2. The molecule has 6 heteroatoms. The van der Waals surface area contributed by atoms with Crippen LogP contribution in [0.5, 0.6) is 0 Å². The maximum absolute atomic E-state index is 13.4. The van der Waals surface area contributed by atoms with E-state index in [2.05, 4.69) is 32.6 Å². The fourth-order valence-corrected chi connectivity index (χ4v) is 5.59. The van der Waals surface area contributed by atoms with Crippen LogP contribution in [0, 0.1) is 0 Å². The first kappa shape index (κ1) is 19.4. The van der Waals surface area contributed by atoms with Gasteiger partial charge in [0.1, 0.15) is 4.83 Å². The maximum Gasteiger partial charge on any atom is 0.263 e. The van der Waals surface area contributed by atoms with Crippen LogP contribution in [0.3, 0.4) is 0 Å². The van der Waals surface area contributed by atoms with E-state index in [-0.39, 0.29) is 11.2 Å². The molecular weight excluding hydrogens is 388 g/mol. The van der Waals surface area contributed by atoms with Gasteiger partial charge in [0.2, 0.25) is 0 Å². The summed E-state index contributed by atoms with van der Waals surface area (Å²) in [4.78, 5) is 20.3. The van der Waals surface area contributed by atoms with Gasteiger partial charge < -0.3 is 4.74 Å². The Morgan fingerprint density at radius 1 is 1.39 bits per heavy atom. The summed E-state index contributed by atoms with van der Waals surface area (Å²) in [6, 6.07) is 10.2. The summed E-state index contributed by atoms with van der Waals surface area (Å²) in [5.41, 5.74) is 2.17. The lowest BCUT2D eigenvalue weighted by atomic mass is 9.90. The van der Waals surface area contributed by atoms with Gasteiger partial charge in [0.25, 0.3) is 5.56 Å². The van der Waals surface area contributed by atoms with Crippen molar-refractivity contribution in [1.29, 1.82) is 0 Å². The lowest BCUT2D eigenvalue weighted by Crippen LogP contribution is -2.34. The van der Waals surface area contributed by atoms with E-state index in [0.29, 0.717) is 13.2 Å². The Morgan fingerprint density at radius 3 is 2.89 bits per heavy atom. The molecule has 3 aromatic rings. The van der Waals surface area contributed by atoms with Crippen molar-refractivity contribution in [2.45, 2.75) is 56.4 Å². The number of ether oxygens (including phenoxy) is 1. The quantitative estimate of drug-likeness (QED) is 0.318. The fourth-order valence-electron chi connectivity index (χ4n) is 3.48. The van der Waals surface area contributed by atoms with Crippen LogP contribution in [-0.4, -0.2) is 15.2 Å². The summed E-state index contributed by atoms with van der Waals surface area (Å²) in [6.07, 6.45) is 3.45. The minimum absolute atomic E-state index is 0.0401. The number of hydrogen-bond acceptors (Lipinski definition) is 5. The van der Waals surface area contributed by atoms with Crippen molar-refractivity contribution >= 4 is 33.3 Å². The van der Waals surface area contributed by atoms with Crippen molar-refractivity contribution < 1.29 is 4.74 Å². The number of benzene rings is 1. The van der Waals surface area contributed by atoms with Crippen LogP contribution in [0.25, 0.3) is 10.2 Å². The Bertz CT molecular complexity index is 1070. The molecule has 0 bridgehead atoms. The van der Waals surface area contributed by atoms with Crippen LogP contribution < -0.4 is 5.56 Å². The topological polar surface area (TPSA) is 44.1 Å². The van der Waals surface area contributed by atoms with Crippen molar-refractivity contribution in [2.75, 3.05) is 0 Å². The molecule has 3 heterocycles. The third-order valence-electron chi connectivity index (χ3n) is 5.33. The van der Waals surface area contributed by atoms with Gasteiger partial charge in [0.05, 0.1) is 17.6 Å². The van der Waals surface area contributed by atoms with E-state index in [1.54, 1.807) is 33.7 Å². The molecule has 1 aliphatic rings. The maximum atomic E-state index is 13.4. The molecule has 0 fully saturated rings. The van der Waals surface area contributed by atoms with Crippen LogP contribution in [0.2, 0.25) is 0 Å². The SMILES string of the molecule is C=CCn1c(SCc2ccccc2)nc2sc3c(c2c1=O)C[C@@](C)(CC)OC3. The third-order valence-corrected chi connectivity index (χ3v) is 7.48. The second-order valence-electron chi connectivity index (χ2n) is 7.33. The minimum atomic E-state index is -0.211. The van der Waals surface area contributed by atoms with Gasteiger partial charge in [-0.1, -0.05) is 55.1 Å². The molecule has 0 spiro atoms. The van der Waals surface area contributed by atoms with Crippen LogP contribution in [0.1, 0.15) is 36.3 Å². The zero-order valence-corrected chi connectivity index (χ0v) is 17.9.